The predicted octanol–water partition coefficient (Wildman–Crippen LogP) is 1.80. The molecule has 0 bridgehead atoms. The minimum absolute atomic E-state index is 0.0170. The molecule has 0 aliphatic rings. The molecule has 3 nitrogen and oxygen atoms in total. The Kier molecular flexibility index (Phi) is 3.94. The van der Waals surface area contributed by atoms with Gasteiger partial charge in [-0.25, -0.2) is 0 Å². The van der Waals surface area contributed by atoms with Crippen molar-refractivity contribution in [1.82, 2.24) is 5.32 Å². The Labute approximate surface area is 92.0 Å². The van der Waals surface area contributed by atoms with E-state index in [1.54, 1.807) is 0 Å². The molecule has 0 saturated heterocycles. The van der Waals surface area contributed by atoms with Crippen molar-refractivity contribution in [2.45, 2.75) is 39.2 Å². The highest BCUT2D eigenvalue weighted by molar-refractivity contribution is 5.15. The standard InChI is InChI=1S/C12H22N2O/c1-9(13)7-14-8-12(3,4)11-6-5-10(2)15-11/h5-6,9,14H,7-8,13H2,1-4H3. The molecule has 0 amide bonds. The van der Waals surface area contributed by atoms with Crippen molar-refractivity contribution in [3.8, 4) is 0 Å². The summed E-state index contributed by atoms with van der Waals surface area (Å²) in [5.41, 5.74) is 5.70. The largest absolute Gasteiger partial charge is 0.466 e. The molecule has 15 heavy (non-hydrogen) atoms. The third-order valence-electron chi connectivity index (χ3n) is 2.44. The van der Waals surface area contributed by atoms with Crippen molar-refractivity contribution < 1.29 is 4.42 Å². The lowest BCUT2D eigenvalue weighted by Crippen LogP contribution is -2.38. The van der Waals surface area contributed by atoms with Gasteiger partial charge in [-0.05, 0) is 26.0 Å². The minimum Gasteiger partial charge on any atom is -0.466 e. The number of rotatable bonds is 5. The van der Waals surface area contributed by atoms with Crippen LogP contribution in [0.25, 0.3) is 0 Å². The molecule has 1 atom stereocenters. The smallest absolute Gasteiger partial charge is 0.111 e. The van der Waals surface area contributed by atoms with E-state index in [-0.39, 0.29) is 11.5 Å². The average molecular weight is 210 g/mol. The number of nitrogens with two attached hydrogens (primary N) is 1. The van der Waals surface area contributed by atoms with Gasteiger partial charge in [0.1, 0.15) is 11.5 Å². The normalized spacial score (nSPS) is 14.2. The Hall–Kier alpha value is -0.800. The summed E-state index contributed by atoms with van der Waals surface area (Å²) in [6, 6.07) is 4.24. The third kappa shape index (κ3) is 3.68. The molecule has 86 valence electrons. The molecule has 0 spiro atoms. The summed E-state index contributed by atoms with van der Waals surface area (Å²) in [6.45, 7) is 10.0. The van der Waals surface area contributed by atoms with Crippen LogP contribution >= 0.6 is 0 Å². The summed E-state index contributed by atoms with van der Waals surface area (Å²) in [5, 5.41) is 3.35. The van der Waals surface area contributed by atoms with E-state index in [2.05, 4.69) is 19.2 Å². The zero-order chi connectivity index (χ0) is 11.5. The highest BCUT2D eigenvalue weighted by atomic mass is 16.3. The summed E-state index contributed by atoms with van der Waals surface area (Å²) >= 11 is 0. The number of aryl methyl sites for hydroxylation is 1. The second kappa shape index (κ2) is 4.81. The van der Waals surface area contributed by atoms with Gasteiger partial charge in [-0.15, -0.1) is 0 Å². The SMILES string of the molecule is Cc1ccc(C(C)(C)CNCC(C)N)o1. The van der Waals surface area contributed by atoms with E-state index in [1.165, 1.54) is 0 Å². The van der Waals surface area contributed by atoms with Crippen LogP contribution in [0.1, 0.15) is 32.3 Å². The summed E-state index contributed by atoms with van der Waals surface area (Å²) in [4.78, 5) is 0. The van der Waals surface area contributed by atoms with Crippen molar-refractivity contribution in [2.75, 3.05) is 13.1 Å². The zero-order valence-electron chi connectivity index (χ0n) is 10.1. The molecule has 1 aromatic rings. The van der Waals surface area contributed by atoms with Crippen LogP contribution in [-0.4, -0.2) is 19.1 Å². The van der Waals surface area contributed by atoms with Crippen LogP contribution in [-0.2, 0) is 5.41 Å². The second-order valence-electron chi connectivity index (χ2n) is 4.90. The van der Waals surface area contributed by atoms with Gasteiger partial charge in [0.05, 0.1) is 0 Å². The number of furan rings is 1. The van der Waals surface area contributed by atoms with Gasteiger partial charge >= 0.3 is 0 Å². The highest BCUT2D eigenvalue weighted by Gasteiger charge is 2.23. The molecule has 1 aromatic heterocycles. The van der Waals surface area contributed by atoms with E-state index < -0.39 is 0 Å². The molecule has 1 rings (SSSR count). The van der Waals surface area contributed by atoms with Crippen LogP contribution in [0.3, 0.4) is 0 Å². The van der Waals surface area contributed by atoms with Gasteiger partial charge in [0.15, 0.2) is 0 Å². The number of hydrogen-bond donors (Lipinski definition) is 2. The summed E-state index contributed by atoms with van der Waals surface area (Å²) in [7, 11) is 0. The summed E-state index contributed by atoms with van der Waals surface area (Å²) in [6.07, 6.45) is 0. The van der Waals surface area contributed by atoms with Crippen molar-refractivity contribution >= 4 is 0 Å². The van der Waals surface area contributed by atoms with E-state index in [1.807, 2.05) is 26.0 Å². The molecule has 0 aliphatic heterocycles. The first-order valence-corrected chi connectivity index (χ1v) is 5.45. The van der Waals surface area contributed by atoms with Crippen LogP contribution in [0.4, 0.5) is 0 Å². The number of hydrogen-bond acceptors (Lipinski definition) is 3. The van der Waals surface area contributed by atoms with Crippen molar-refractivity contribution in [2.24, 2.45) is 5.73 Å². The maximum absolute atomic E-state index is 5.68. The predicted molar refractivity (Wildman–Crippen MR) is 63.0 cm³/mol. The molecule has 0 saturated carbocycles. The Morgan fingerprint density at radius 1 is 1.47 bits per heavy atom. The topological polar surface area (TPSA) is 51.2 Å². The first kappa shape index (κ1) is 12.3. The molecular weight excluding hydrogens is 188 g/mol. The third-order valence-corrected chi connectivity index (χ3v) is 2.44. The molecule has 1 heterocycles. The van der Waals surface area contributed by atoms with Crippen LogP contribution in [0.5, 0.6) is 0 Å². The second-order valence-corrected chi connectivity index (χ2v) is 4.90. The van der Waals surface area contributed by atoms with Gasteiger partial charge in [0, 0.05) is 24.5 Å². The maximum Gasteiger partial charge on any atom is 0.111 e. The van der Waals surface area contributed by atoms with E-state index >= 15 is 0 Å². The Bertz CT molecular complexity index is 302. The molecule has 0 radical (unpaired) electrons. The highest BCUT2D eigenvalue weighted by Crippen LogP contribution is 2.24. The van der Waals surface area contributed by atoms with E-state index in [4.69, 9.17) is 10.2 Å². The van der Waals surface area contributed by atoms with Gasteiger partial charge in [-0.2, -0.15) is 0 Å². The van der Waals surface area contributed by atoms with E-state index in [9.17, 15) is 0 Å². The van der Waals surface area contributed by atoms with Crippen LogP contribution in [0, 0.1) is 6.92 Å². The molecule has 0 fully saturated rings. The zero-order valence-corrected chi connectivity index (χ0v) is 10.1. The lowest BCUT2D eigenvalue weighted by Gasteiger charge is -2.23. The maximum atomic E-state index is 5.68. The average Bonchev–Trinajstić information content (AvgIpc) is 2.51. The van der Waals surface area contributed by atoms with Gasteiger partial charge < -0.3 is 15.5 Å². The van der Waals surface area contributed by atoms with Crippen molar-refractivity contribution in [1.29, 1.82) is 0 Å². The minimum atomic E-state index is 0.0170. The fourth-order valence-electron chi connectivity index (χ4n) is 1.50. The fraction of sp³-hybridized carbons (Fsp3) is 0.667. The van der Waals surface area contributed by atoms with Crippen LogP contribution in [0.15, 0.2) is 16.5 Å². The first-order chi connectivity index (χ1) is 6.92. The molecule has 1 unspecified atom stereocenters. The van der Waals surface area contributed by atoms with Crippen molar-refractivity contribution in [3.63, 3.8) is 0 Å². The van der Waals surface area contributed by atoms with E-state index in [0.29, 0.717) is 0 Å². The Morgan fingerprint density at radius 2 is 2.13 bits per heavy atom. The Morgan fingerprint density at radius 3 is 2.60 bits per heavy atom. The van der Waals surface area contributed by atoms with Gasteiger partial charge in [-0.3, -0.25) is 0 Å². The number of nitrogens with one attached hydrogen (secondary N) is 1. The monoisotopic (exact) mass is 210 g/mol. The lowest BCUT2D eigenvalue weighted by atomic mass is 9.90. The van der Waals surface area contributed by atoms with E-state index in [0.717, 1.165) is 24.6 Å². The molecule has 0 aliphatic carbocycles. The summed E-state index contributed by atoms with van der Waals surface area (Å²) in [5.74, 6) is 1.99. The van der Waals surface area contributed by atoms with Gasteiger partial charge in [0.2, 0.25) is 0 Å². The fourth-order valence-corrected chi connectivity index (χ4v) is 1.50. The molecule has 0 aromatic carbocycles. The van der Waals surface area contributed by atoms with Gasteiger partial charge in [0.25, 0.3) is 0 Å². The molecule has 3 N–H and O–H groups in total. The molecule has 3 heteroatoms. The lowest BCUT2D eigenvalue weighted by molar-refractivity contribution is 0.355. The Balaban J connectivity index is 2.51. The quantitative estimate of drug-likeness (QED) is 0.779. The van der Waals surface area contributed by atoms with Crippen LogP contribution < -0.4 is 11.1 Å². The van der Waals surface area contributed by atoms with Crippen LogP contribution in [0.2, 0.25) is 0 Å². The summed E-state index contributed by atoms with van der Waals surface area (Å²) < 4.78 is 5.63. The first-order valence-electron chi connectivity index (χ1n) is 5.45. The molecular formula is C12H22N2O. The van der Waals surface area contributed by atoms with Gasteiger partial charge in [-0.1, -0.05) is 13.8 Å². The van der Waals surface area contributed by atoms with Crippen molar-refractivity contribution in [3.05, 3.63) is 23.7 Å².